The molecule has 2 N–H and O–H groups in total. The van der Waals surface area contributed by atoms with E-state index in [1.54, 1.807) is 11.0 Å². The van der Waals surface area contributed by atoms with Crippen molar-refractivity contribution in [2.45, 2.75) is 89.0 Å². The quantitative estimate of drug-likeness (QED) is 0.640. The van der Waals surface area contributed by atoms with E-state index in [-0.39, 0.29) is 18.5 Å². The van der Waals surface area contributed by atoms with E-state index in [1.807, 2.05) is 39.0 Å². The smallest absolute Gasteiger partial charge is 0.410 e. The second kappa shape index (κ2) is 10.6. The van der Waals surface area contributed by atoms with Gasteiger partial charge in [0.1, 0.15) is 11.4 Å². The third-order valence-electron chi connectivity index (χ3n) is 6.29. The normalized spacial score (nSPS) is 26.7. The highest BCUT2D eigenvalue weighted by atomic mass is 32.2. The first-order chi connectivity index (χ1) is 15.4. The number of phenols is 1. The van der Waals surface area contributed by atoms with E-state index >= 15 is 0 Å². The molecule has 8 nitrogen and oxygen atoms in total. The maximum atomic E-state index is 12.9. The Balaban J connectivity index is 1.63. The van der Waals surface area contributed by atoms with Crippen LogP contribution in [0.15, 0.2) is 24.3 Å². The van der Waals surface area contributed by atoms with Crippen molar-refractivity contribution in [3.05, 3.63) is 29.8 Å². The summed E-state index contributed by atoms with van der Waals surface area (Å²) in [5, 5.41) is 9.75. The highest BCUT2D eigenvalue weighted by Gasteiger charge is 2.38. The van der Waals surface area contributed by atoms with Gasteiger partial charge in [-0.15, -0.1) is 0 Å². The van der Waals surface area contributed by atoms with Gasteiger partial charge in [-0.05, 0) is 82.9 Å². The van der Waals surface area contributed by atoms with Crippen molar-refractivity contribution in [3.8, 4) is 5.75 Å². The van der Waals surface area contributed by atoms with Crippen molar-refractivity contribution in [1.29, 1.82) is 0 Å². The van der Waals surface area contributed by atoms with Crippen LogP contribution in [0.25, 0.3) is 0 Å². The molecule has 2 fully saturated rings. The Labute approximate surface area is 197 Å². The van der Waals surface area contributed by atoms with E-state index in [0.717, 1.165) is 37.5 Å². The van der Waals surface area contributed by atoms with Gasteiger partial charge < -0.3 is 19.5 Å². The number of sulfonamides is 1. The number of nitrogens with one attached hydrogen (secondary N) is 1. The molecule has 0 radical (unpaired) electrons. The maximum Gasteiger partial charge on any atom is 0.410 e. The molecular formula is C24H38N2O6S. The summed E-state index contributed by atoms with van der Waals surface area (Å²) in [4.78, 5) is 14.5. The molecular weight excluding hydrogens is 444 g/mol. The first-order valence-corrected chi connectivity index (χ1v) is 13.7. The SMILES string of the molecule is CC(C)(C)OC(=O)N1CCC[C@H](NS(C)(=O)=O)[C@@H]1COC1CCC(c2cccc(O)c2)CC1. The number of rotatable bonds is 6. The Hall–Kier alpha value is -1.84. The number of amides is 1. The zero-order valence-electron chi connectivity index (χ0n) is 20.1. The van der Waals surface area contributed by atoms with Crippen LogP contribution in [-0.2, 0) is 19.5 Å². The van der Waals surface area contributed by atoms with E-state index < -0.39 is 33.8 Å². The van der Waals surface area contributed by atoms with Crippen LogP contribution in [0.5, 0.6) is 5.75 Å². The van der Waals surface area contributed by atoms with Gasteiger partial charge in [0.2, 0.25) is 10.0 Å². The molecule has 1 heterocycles. The first-order valence-electron chi connectivity index (χ1n) is 11.8. The molecule has 1 aliphatic heterocycles. The minimum atomic E-state index is -3.43. The minimum absolute atomic E-state index is 0.0554. The summed E-state index contributed by atoms with van der Waals surface area (Å²) in [6.07, 6.45) is 5.76. The van der Waals surface area contributed by atoms with Gasteiger partial charge in [-0.25, -0.2) is 17.9 Å². The average Bonchev–Trinajstić information content (AvgIpc) is 2.70. The molecule has 1 saturated carbocycles. The Morgan fingerprint density at radius 2 is 1.88 bits per heavy atom. The van der Waals surface area contributed by atoms with Crippen LogP contribution in [0, 0.1) is 0 Å². The van der Waals surface area contributed by atoms with Gasteiger partial charge in [0.15, 0.2) is 0 Å². The summed E-state index contributed by atoms with van der Waals surface area (Å²) < 4.78 is 38.4. The highest BCUT2D eigenvalue weighted by molar-refractivity contribution is 7.88. The Morgan fingerprint density at radius 3 is 2.48 bits per heavy atom. The molecule has 0 aromatic heterocycles. The van der Waals surface area contributed by atoms with E-state index in [0.29, 0.717) is 25.3 Å². The number of carbonyl (C=O) groups excluding carboxylic acids is 1. The lowest BCUT2D eigenvalue weighted by molar-refractivity contribution is -0.0390. The predicted molar refractivity (Wildman–Crippen MR) is 127 cm³/mol. The number of piperidine rings is 1. The number of nitrogens with zero attached hydrogens (tertiary/aromatic N) is 1. The largest absolute Gasteiger partial charge is 0.508 e. The second-order valence-electron chi connectivity index (χ2n) is 10.3. The topological polar surface area (TPSA) is 105 Å². The Bertz CT molecular complexity index is 906. The summed E-state index contributed by atoms with van der Waals surface area (Å²) in [6, 6.07) is 6.59. The molecule has 1 aromatic carbocycles. The van der Waals surface area contributed by atoms with Gasteiger partial charge in [0.25, 0.3) is 0 Å². The molecule has 186 valence electrons. The number of likely N-dealkylation sites (tertiary alicyclic amines) is 1. The number of hydrogen-bond donors (Lipinski definition) is 2. The van der Waals surface area contributed by atoms with E-state index in [4.69, 9.17) is 9.47 Å². The van der Waals surface area contributed by atoms with E-state index in [9.17, 15) is 18.3 Å². The zero-order valence-corrected chi connectivity index (χ0v) is 20.9. The first kappa shape index (κ1) is 25.8. The summed E-state index contributed by atoms with van der Waals surface area (Å²) in [6.45, 7) is 6.22. The third-order valence-corrected chi connectivity index (χ3v) is 7.02. The van der Waals surface area contributed by atoms with Crippen molar-refractivity contribution >= 4 is 16.1 Å². The molecule has 1 aliphatic carbocycles. The monoisotopic (exact) mass is 482 g/mol. The predicted octanol–water partition coefficient (Wildman–Crippen LogP) is 3.75. The fraction of sp³-hybridized carbons (Fsp3) is 0.708. The molecule has 9 heteroatoms. The average molecular weight is 483 g/mol. The molecule has 2 aliphatic rings. The maximum absolute atomic E-state index is 12.9. The lowest BCUT2D eigenvalue weighted by Crippen LogP contribution is -2.59. The van der Waals surface area contributed by atoms with Crippen LogP contribution in [0.4, 0.5) is 4.79 Å². The minimum Gasteiger partial charge on any atom is -0.508 e. The van der Waals surface area contributed by atoms with E-state index in [1.165, 1.54) is 0 Å². The third kappa shape index (κ3) is 7.86. The molecule has 3 rings (SSSR count). The molecule has 0 spiro atoms. The molecule has 1 amide bonds. The van der Waals surface area contributed by atoms with Crippen LogP contribution in [0.2, 0.25) is 0 Å². The lowest BCUT2D eigenvalue weighted by Gasteiger charge is -2.42. The van der Waals surface area contributed by atoms with Crippen molar-refractivity contribution < 1.29 is 27.8 Å². The molecule has 2 atom stereocenters. The summed E-state index contributed by atoms with van der Waals surface area (Å²) >= 11 is 0. The van der Waals surface area contributed by atoms with Crippen LogP contribution in [0.3, 0.4) is 0 Å². The Kier molecular flexibility index (Phi) is 8.29. The second-order valence-corrected chi connectivity index (χ2v) is 12.1. The van der Waals surface area contributed by atoms with E-state index in [2.05, 4.69) is 4.72 Å². The fourth-order valence-corrected chi connectivity index (χ4v) is 5.62. The summed E-state index contributed by atoms with van der Waals surface area (Å²) in [5.74, 6) is 0.680. The van der Waals surface area contributed by atoms with Gasteiger partial charge in [0, 0.05) is 12.6 Å². The highest BCUT2D eigenvalue weighted by Crippen LogP contribution is 2.35. The van der Waals surface area contributed by atoms with Crippen LogP contribution in [-0.4, -0.2) is 67.7 Å². The molecule has 1 aromatic rings. The van der Waals surface area contributed by atoms with Crippen molar-refractivity contribution in [1.82, 2.24) is 9.62 Å². The number of ether oxygens (including phenoxy) is 2. The molecule has 0 bridgehead atoms. The number of benzene rings is 1. The number of hydrogen-bond acceptors (Lipinski definition) is 6. The summed E-state index contributed by atoms with van der Waals surface area (Å²) in [5.41, 5.74) is 0.512. The molecule has 1 saturated heterocycles. The molecule has 33 heavy (non-hydrogen) atoms. The van der Waals surface area contributed by atoms with Crippen molar-refractivity contribution in [2.75, 3.05) is 19.4 Å². The van der Waals surface area contributed by atoms with Gasteiger partial charge in [-0.2, -0.15) is 0 Å². The van der Waals surface area contributed by atoms with Gasteiger partial charge in [-0.3, -0.25) is 0 Å². The van der Waals surface area contributed by atoms with Crippen LogP contribution in [0.1, 0.15) is 70.8 Å². The fourth-order valence-electron chi connectivity index (χ4n) is 4.80. The zero-order chi connectivity index (χ0) is 24.2. The van der Waals surface area contributed by atoms with Gasteiger partial charge >= 0.3 is 6.09 Å². The number of phenolic OH excluding ortho intramolecular Hbond substituents is 1. The summed E-state index contributed by atoms with van der Waals surface area (Å²) in [7, 11) is -3.43. The van der Waals surface area contributed by atoms with Crippen LogP contribution >= 0.6 is 0 Å². The van der Waals surface area contributed by atoms with Crippen LogP contribution < -0.4 is 4.72 Å². The molecule has 0 unspecified atom stereocenters. The number of aromatic hydroxyl groups is 1. The van der Waals surface area contributed by atoms with Crippen molar-refractivity contribution in [3.63, 3.8) is 0 Å². The van der Waals surface area contributed by atoms with Gasteiger partial charge in [0.05, 0.1) is 25.0 Å². The number of carbonyl (C=O) groups is 1. The van der Waals surface area contributed by atoms with Gasteiger partial charge in [-0.1, -0.05) is 12.1 Å². The Morgan fingerprint density at radius 1 is 1.18 bits per heavy atom. The lowest BCUT2D eigenvalue weighted by atomic mass is 9.82. The standard InChI is InChI=1S/C24H38N2O6S/c1-24(2,3)32-23(28)26-14-6-9-21(25-33(4,29)30)22(26)16-31-20-12-10-17(11-13-20)18-7-5-8-19(27)15-18/h5,7-8,15,17,20-22,25,27H,6,9-14,16H2,1-4H3/t17?,20?,21-,22-/m0/s1. The van der Waals surface area contributed by atoms with Crippen molar-refractivity contribution in [2.24, 2.45) is 0 Å².